The number of thiophene rings is 1. The summed E-state index contributed by atoms with van der Waals surface area (Å²) >= 11 is 7.73. The van der Waals surface area contributed by atoms with Crippen LogP contribution in [0.5, 0.6) is 0 Å². The van der Waals surface area contributed by atoms with E-state index in [1.165, 1.54) is 63.2 Å². The van der Waals surface area contributed by atoms with Gasteiger partial charge in [0.2, 0.25) is 0 Å². The van der Waals surface area contributed by atoms with Gasteiger partial charge in [-0.25, -0.2) is 0 Å². The third-order valence-corrected chi connectivity index (χ3v) is 5.83. The van der Waals surface area contributed by atoms with Crippen molar-refractivity contribution in [3.63, 3.8) is 0 Å². The maximum atomic E-state index is 6.00. The second-order valence-corrected chi connectivity index (χ2v) is 7.80. The Hall–Kier alpha value is -0.0900. The van der Waals surface area contributed by atoms with E-state index in [1.807, 2.05) is 6.07 Å². The summed E-state index contributed by atoms with van der Waals surface area (Å²) in [5.41, 5.74) is 0.434. The van der Waals surface area contributed by atoms with Crippen molar-refractivity contribution in [2.45, 2.75) is 44.1 Å². The zero-order chi connectivity index (χ0) is 13.1. The van der Waals surface area contributed by atoms with Gasteiger partial charge in [0.1, 0.15) is 0 Å². The summed E-state index contributed by atoms with van der Waals surface area (Å²) in [6.07, 6.45) is 7.98. The Balaban J connectivity index is 1.57. The molecule has 1 spiro atoms. The van der Waals surface area contributed by atoms with Gasteiger partial charge >= 0.3 is 0 Å². The average Bonchev–Trinajstić information content (AvgIpc) is 2.95. The van der Waals surface area contributed by atoms with Crippen LogP contribution < -0.4 is 5.32 Å². The number of nitrogens with zero attached hydrogens (tertiary/aromatic N) is 1. The molecule has 1 aliphatic carbocycles. The molecule has 0 bridgehead atoms. The molecule has 2 aliphatic rings. The van der Waals surface area contributed by atoms with Crippen LogP contribution in [-0.2, 0) is 6.42 Å². The third kappa shape index (κ3) is 3.52. The van der Waals surface area contributed by atoms with Crippen molar-refractivity contribution in [1.29, 1.82) is 0 Å². The van der Waals surface area contributed by atoms with Gasteiger partial charge in [-0.3, -0.25) is 0 Å². The highest BCUT2D eigenvalue weighted by molar-refractivity contribution is 7.16. The van der Waals surface area contributed by atoms with Crippen LogP contribution >= 0.6 is 22.9 Å². The van der Waals surface area contributed by atoms with E-state index in [9.17, 15) is 0 Å². The highest BCUT2D eigenvalue weighted by Gasteiger charge is 2.36. The van der Waals surface area contributed by atoms with Gasteiger partial charge in [-0.15, -0.1) is 11.3 Å². The van der Waals surface area contributed by atoms with Gasteiger partial charge in [0.05, 0.1) is 4.34 Å². The molecule has 1 aromatic rings. The molecule has 1 aliphatic heterocycles. The first-order valence-corrected chi connectivity index (χ1v) is 8.67. The van der Waals surface area contributed by atoms with Crippen LogP contribution in [-0.4, -0.2) is 36.6 Å². The second kappa shape index (κ2) is 6.13. The largest absolute Gasteiger partial charge is 0.310 e. The first-order valence-electron chi connectivity index (χ1n) is 7.47. The fourth-order valence-electron chi connectivity index (χ4n) is 3.55. The Bertz CT molecular complexity index is 412. The maximum Gasteiger partial charge on any atom is 0.0931 e. The Labute approximate surface area is 125 Å². The van der Waals surface area contributed by atoms with Crippen LogP contribution in [0, 0.1) is 0 Å². The molecule has 1 aromatic heterocycles. The predicted octanol–water partition coefficient (Wildman–Crippen LogP) is 3.55. The molecule has 2 heterocycles. The summed E-state index contributed by atoms with van der Waals surface area (Å²) in [6, 6.07) is 4.19. The molecular weight excluding hydrogens is 276 g/mol. The van der Waals surface area contributed by atoms with Gasteiger partial charge in [0, 0.05) is 23.5 Å². The quantitative estimate of drug-likeness (QED) is 0.918. The smallest absolute Gasteiger partial charge is 0.0931 e. The molecule has 4 heteroatoms. The number of nitrogens with one attached hydrogen (secondary N) is 1. The molecule has 2 nitrogen and oxygen atoms in total. The van der Waals surface area contributed by atoms with Gasteiger partial charge in [-0.1, -0.05) is 24.4 Å². The van der Waals surface area contributed by atoms with Crippen LogP contribution in [0.3, 0.4) is 0 Å². The van der Waals surface area contributed by atoms with E-state index in [0.29, 0.717) is 5.54 Å². The third-order valence-electron chi connectivity index (χ3n) is 4.54. The van der Waals surface area contributed by atoms with Crippen LogP contribution in [0.4, 0.5) is 0 Å². The minimum Gasteiger partial charge on any atom is -0.310 e. The highest BCUT2D eigenvalue weighted by atomic mass is 35.5. The van der Waals surface area contributed by atoms with Gasteiger partial charge in [-0.05, 0) is 50.9 Å². The summed E-state index contributed by atoms with van der Waals surface area (Å²) in [4.78, 5) is 4.08. The van der Waals surface area contributed by atoms with Crippen LogP contribution in [0.25, 0.3) is 0 Å². The van der Waals surface area contributed by atoms with Crippen LogP contribution in [0.1, 0.15) is 37.0 Å². The van der Waals surface area contributed by atoms with Crippen LogP contribution in [0.2, 0.25) is 4.34 Å². The van der Waals surface area contributed by atoms with Crippen molar-refractivity contribution < 1.29 is 0 Å². The normalized spacial score (nSPS) is 23.8. The molecular formula is C15H23ClN2S. The minimum atomic E-state index is 0.434. The minimum absolute atomic E-state index is 0.434. The van der Waals surface area contributed by atoms with Crippen molar-refractivity contribution in [2.24, 2.45) is 0 Å². The van der Waals surface area contributed by atoms with Crippen molar-refractivity contribution in [3.8, 4) is 0 Å². The van der Waals surface area contributed by atoms with E-state index < -0.39 is 0 Å². The molecule has 2 fully saturated rings. The lowest BCUT2D eigenvalue weighted by molar-refractivity contribution is 0.212. The standard InChI is InChI=1S/C15H23ClN2S/c16-14-5-4-13(19-14)6-11-18-10-3-9-17-15(12-18)7-1-2-8-15/h4-5,17H,1-3,6-12H2. The molecule has 0 radical (unpaired) electrons. The zero-order valence-electron chi connectivity index (χ0n) is 11.5. The zero-order valence-corrected chi connectivity index (χ0v) is 13.0. The Kier molecular flexibility index (Phi) is 4.47. The first-order chi connectivity index (χ1) is 9.26. The lowest BCUT2D eigenvalue weighted by Crippen LogP contribution is -2.49. The fourth-order valence-corrected chi connectivity index (χ4v) is 4.63. The lowest BCUT2D eigenvalue weighted by atomic mass is 9.97. The van der Waals surface area contributed by atoms with Gasteiger partial charge in [0.25, 0.3) is 0 Å². The number of rotatable bonds is 3. The van der Waals surface area contributed by atoms with Crippen molar-refractivity contribution >= 4 is 22.9 Å². The molecule has 0 amide bonds. The van der Waals surface area contributed by atoms with E-state index in [4.69, 9.17) is 11.6 Å². The summed E-state index contributed by atoms with van der Waals surface area (Å²) in [5.74, 6) is 0. The monoisotopic (exact) mass is 298 g/mol. The average molecular weight is 299 g/mol. The van der Waals surface area contributed by atoms with Gasteiger partial charge in [-0.2, -0.15) is 0 Å². The summed E-state index contributed by atoms with van der Waals surface area (Å²) < 4.78 is 0.916. The second-order valence-electron chi connectivity index (χ2n) is 6.00. The molecule has 19 heavy (non-hydrogen) atoms. The Morgan fingerprint density at radius 3 is 2.84 bits per heavy atom. The highest BCUT2D eigenvalue weighted by Crippen LogP contribution is 2.31. The van der Waals surface area contributed by atoms with E-state index in [0.717, 1.165) is 10.8 Å². The molecule has 1 saturated heterocycles. The van der Waals surface area contributed by atoms with E-state index in [1.54, 1.807) is 11.3 Å². The molecule has 0 aromatic carbocycles. The van der Waals surface area contributed by atoms with Gasteiger partial charge < -0.3 is 10.2 Å². The summed E-state index contributed by atoms with van der Waals surface area (Å²) in [5, 5.41) is 3.83. The number of halogens is 1. The van der Waals surface area contributed by atoms with E-state index >= 15 is 0 Å². The fraction of sp³-hybridized carbons (Fsp3) is 0.733. The summed E-state index contributed by atoms with van der Waals surface area (Å²) in [6.45, 7) is 4.86. The Morgan fingerprint density at radius 2 is 2.11 bits per heavy atom. The first kappa shape index (κ1) is 13.9. The SMILES string of the molecule is Clc1ccc(CCN2CCCNC3(CCCC3)C2)s1. The summed E-state index contributed by atoms with van der Waals surface area (Å²) in [7, 11) is 0. The Morgan fingerprint density at radius 1 is 1.26 bits per heavy atom. The van der Waals surface area contributed by atoms with Crippen molar-refractivity contribution in [2.75, 3.05) is 26.2 Å². The topological polar surface area (TPSA) is 15.3 Å². The predicted molar refractivity (Wildman–Crippen MR) is 83.3 cm³/mol. The molecule has 0 unspecified atom stereocenters. The maximum absolute atomic E-state index is 6.00. The van der Waals surface area contributed by atoms with Gasteiger partial charge in [0.15, 0.2) is 0 Å². The number of hydrogen-bond acceptors (Lipinski definition) is 3. The molecule has 0 atom stereocenters. The van der Waals surface area contributed by atoms with E-state index in [2.05, 4.69) is 16.3 Å². The molecule has 1 N–H and O–H groups in total. The van der Waals surface area contributed by atoms with Crippen molar-refractivity contribution in [3.05, 3.63) is 21.3 Å². The van der Waals surface area contributed by atoms with Crippen molar-refractivity contribution in [1.82, 2.24) is 10.2 Å². The lowest BCUT2D eigenvalue weighted by Gasteiger charge is -2.33. The molecule has 106 valence electrons. The molecule has 3 rings (SSSR count). The molecule has 1 saturated carbocycles. The van der Waals surface area contributed by atoms with Crippen LogP contribution in [0.15, 0.2) is 12.1 Å². The number of hydrogen-bond donors (Lipinski definition) is 1. The van der Waals surface area contributed by atoms with E-state index in [-0.39, 0.29) is 0 Å².